The van der Waals surface area contributed by atoms with Gasteiger partial charge in [0.15, 0.2) is 0 Å². The van der Waals surface area contributed by atoms with Crippen LogP contribution in [0.5, 0.6) is 0 Å². The van der Waals surface area contributed by atoms with Crippen molar-refractivity contribution in [3.05, 3.63) is 11.6 Å². The number of fused-ring (bicyclic) bond motifs is 2. The molecule has 0 aromatic carbocycles. The second kappa shape index (κ2) is 3.85. The molecule has 2 atom stereocenters. The van der Waals surface area contributed by atoms with E-state index >= 15 is 0 Å². The van der Waals surface area contributed by atoms with Gasteiger partial charge in [0.2, 0.25) is 10.0 Å². The minimum Gasteiger partial charge on any atom is -0.478 e. The van der Waals surface area contributed by atoms with Crippen molar-refractivity contribution in [2.45, 2.75) is 37.8 Å². The number of rotatable bonds is 2. The van der Waals surface area contributed by atoms with Crippen LogP contribution in [0.1, 0.15) is 25.7 Å². The number of carboxylic acid groups (broad SMARTS) is 1. The van der Waals surface area contributed by atoms with Crippen LogP contribution in [0.25, 0.3) is 0 Å². The van der Waals surface area contributed by atoms with Gasteiger partial charge < -0.3 is 5.11 Å². The zero-order chi connectivity index (χ0) is 11.9. The van der Waals surface area contributed by atoms with E-state index in [9.17, 15) is 13.2 Å². The van der Waals surface area contributed by atoms with Crippen LogP contribution in [0.2, 0.25) is 0 Å². The van der Waals surface area contributed by atoms with Crippen molar-refractivity contribution in [1.29, 1.82) is 0 Å². The average Bonchev–Trinajstić information content (AvgIpc) is 2.37. The monoisotopic (exact) mass is 245 g/mol. The summed E-state index contributed by atoms with van der Waals surface area (Å²) in [6, 6.07) is -0.0568. The predicted molar refractivity (Wildman–Crippen MR) is 58.4 cm³/mol. The molecule has 0 amide bonds. The Bertz CT molecular complexity index is 424. The van der Waals surface area contributed by atoms with E-state index < -0.39 is 16.0 Å². The first kappa shape index (κ1) is 11.6. The minimum absolute atomic E-state index is 0.0284. The lowest BCUT2D eigenvalue weighted by Gasteiger charge is -2.33. The van der Waals surface area contributed by atoms with Crippen molar-refractivity contribution < 1.29 is 18.3 Å². The third kappa shape index (κ3) is 2.12. The van der Waals surface area contributed by atoms with E-state index in [1.54, 1.807) is 4.31 Å². The average molecular weight is 245 g/mol. The number of carboxylic acids is 1. The first-order valence-corrected chi connectivity index (χ1v) is 7.13. The van der Waals surface area contributed by atoms with Gasteiger partial charge in [0.1, 0.15) is 0 Å². The molecule has 2 aliphatic rings. The first-order valence-electron chi connectivity index (χ1n) is 5.29. The van der Waals surface area contributed by atoms with Crippen LogP contribution in [-0.2, 0) is 14.8 Å². The van der Waals surface area contributed by atoms with E-state index in [2.05, 4.69) is 0 Å². The zero-order valence-electron chi connectivity index (χ0n) is 9.09. The summed E-state index contributed by atoms with van der Waals surface area (Å²) < 4.78 is 24.7. The Morgan fingerprint density at radius 1 is 1.38 bits per heavy atom. The summed E-state index contributed by atoms with van der Waals surface area (Å²) in [6.45, 7) is 0. The highest BCUT2D eigenvalue weighted by molar-refractivity contribution is 7.88. The summed E-state index contributed by atoms with van der Waals surface area (Å²) in [6.07, 6.45) is 5.27. The molecular weight excluding hydrogens is 230 g/mol. The Kier molecular flexibility index (Phi) is 2.79. The lowest BCUT2D eigenvalue weighted by atomic mass is 9.99. The number of sulfonamides is 1. The molecule has 2 fully saturated rings. The summed E-state index contributed by atoms with van der Waals surface area (Å²) in [7, 11) is -3.15. The van der Waals surface area contributed by atoms with Gasteiger partial charge >= 0.3 is 5.97 Å². The van der Waals surface area contributed by atoms with Crippen LogP contribution in [0.4, 0.5) is 0 Å². The summed E-state index contributed by atoms with van der Waals surface area (Å²) in [5.41, 5.74) is 0.861. The van der Waals surface area contributed by atoms with Gasteiger partial charge in [-0.05, 0) is 25.7 Å². The van der Waals surface area contributed by atoms with E-state index in [1.165, 1.54) is 12.3 Å². The molecule has 2 saturated heterocycles. The number of aliphatic carboxylic acids is 1. The molecule has 0 radical (unpaired) electrons. The molecule has 2 bridgehead atoms. The fraction of sp³-hybridized carbons (Fsp3) is 0.700. The SMILES string of the molecule is CS(=O)(=O)N1C2CCC1CC(=CC(=O)O)C2. The number of nitrogens with zero attached hydrogens (tertiary/aromatic N) is 1. The molecule has 90 valence electrons. The molecule has 2 rings (SSSR count). The van der Waals surface area contributed by atoms with Crippen LogP contribution in [-0.4, -0.2) is 42.1 Å². The van der Waals surface area contributed by atoms with Crippen molar-refractivity contribution in [2.24, 2.45) is 0 Å². The maximum atomic E-state index is 11.6. The fourth-order valence-electron chi connectivity index (χ4n) is 2.84. The van der Waals surface area contributed by atoms with Gasteiger partial charge in [-0.2, -0.15) is 4.31 Å². The molecular formula is C10H15NO4S. The zero-order valence-corrected chi connectivity index (χ0v) is 9.90. The highest BCUT2D eigenvalue weighted by Crippen LogP contribution is 2.39. The molecule has 2 unspecified atom stereocenters. The molecule has 5 nitrogen and oxygen atoms in total. The van der Waals surface area contributed by atoms with Crippen molar-refractivity contribution in [3.8, 4) is 0 Å². The Hall–Kier alpha value is -0.880. The van der Waals surface area contributed by atoms with Crippen LogP contribution in [0, 0.1) is 0 Å². The Balaban J connectivity index is 2.22. The highest BCUT2D eigenvalue weighted by Gasteiger charge is 2.43. The second-order valence-electron chi connectivity index (χ2n) is 4.53. The maximum Gasteiger partial charge on any atom is 0.328 e. The van der Waals surface area contributed by atoms with Crippen LogP contribution in [0.15, 0.2) is 11.6 Å². The highest BCUT2D eigenvalue weighted by atomic mass is 32.2. The number of hydrogen-bond donors (Lipinski definition) is 1. The van der Waals surface area contributed by atoms with Crippen molar-refractivity contribution in [2.75, 3.05) is 6.26 Å². The Morgan fingerprint density at radius 3 is 2.25 bits per heavy atom. The van der Waals surface area contributed by atoms with Crippen LogP contribution < -0.4 is 0 Å². The third-order valence-corrected chi connectivity index (χ3v) is 4.62. The number of piperidine rings is 1. The summed E-state index contributed by atoms with van der Waals surface area (Å²) in [5.74, 6) is -0.942. The van der Waals surface area contributed by atoms with Crippen molar-refractivity contribution in [1.82, 2.24) is 4.31 Å². The molecule has 2 aliphatic heterocycles. The predicted octanol–water partition coefficient (Wildman–Crippen LogP) is 0.584. The standard InChI is InChI=1S/C10H15NO4S/c1-16(14,15)11-8-2-3-9(11)5-7(4-8)6-10(12)13/h6,8-9H,2-5H2,1H3,(H,12,13). The van der Waals surface area contributed by atoms with E-state index in [1.807, 2.05) is 0 Å². The Morgan fingerprint density at radius 2 is 1.88 bits per heavy atom. The molecule has 0 saturated carbocycles. The summed E-state index contributed by atoms with van der Waals surface area (Å²) in [5, 5.41) is 8.68. The normalized spacial score (nSPS) is 30.4. The van der Waals surface area contributed by atoms with E-state index in [0.717, 1.165) is 18.4 Å². The van der Waals surface area contributed by atoms with E-state index in [0.29, 0.717) is 12.8 Å². The van der Waals surface area contributed by atoms with Crippen molar-refractivity contribution >= 4 is 16.0 Å². The van der Waals surface area contributed by atoms with Crippen molar-refractivity contribution in [3.63, 3.8) is 0 Å². The molecule has 2 heterocycles. The van der Waals surface area contributed by atoms with Crippen LogP contribution >= 0.6 is 0 Å². The van der Waals surface area contributed by atoms with Gasteiger partial charge in [-0.3, -0.25) is 0 Å². The summed E-state index contributed by atoms with van der Waals surface area (Å²) in [4.78, 5) is 10.6. The third-order valence-electron chi connectivity index (χ3n) is 3.26. The number of carbonyl (C=O) groups is 1. The van der Waals surface area contributed by atoms with Gasteiger partial charge in [0.05, 0.1) is 6.26 Å². The van der Waals surface area contributed by atoms with Gasteiger partial charge in [-0.15, -0.1) is 0 Å². The van der Waals surface area contributed by atoms with Gasteiger partial charge in [-0.1, -0.05) is 5.57 Å². The molecule has 1 N–H and O–H groups in total. The molecule has 16 heavy (non-hydrogen) atoms. The maximum absolute atomic E-state index is 11.6. The van der Waals surface area contributed by atoms with Gasteiger partial charge in [-0.25, -0.2) is 13.2 Å². The summed E-state index contributed by atoms with van der Waals surface area (Å²) >= 11 is 0. The van der Waals surface area contributed by atoms with Crippen LogP contribution in [0.3, 0.4) is 0 Å². The molecule has 6 heteroatoms. The van der Waals surface area contributed by atoms with E-state index in [4.69, 9.17) is 5.11 Å². The molecule has 0 aromatic rings. The lowest BCUT2D eigenvalue weighted by Crippen LogP contribution is -2.44. The van der Waals surface area contributed by atoms with Gasteiger partial charge in [0.25, 0.3) is 0 Å². The molecule has 0 aromatic heterocycles. The smallest absolute Gasteiger partial charge is 0.328 e. The lowest BCUT2D eigenvalue weighted by molar-refractivity contribution is -0.131. The van der Waals surface area contributed by atoms with Gasteiger partial charge in [0, 0.05) is 18.2 Å². The minimum atomic E-state index is -3.15. The fourth-order valence-corrected chi connectivity index (χ4v) is 4.29. The largest absolute Gasteiger partial charge is 0.478 e. The first-order chi connectivity index (χ1) is 7.38. The Labute approximate surface area is 94.8 Å². The van der Waals surface area contributed by atoms with E-state index in [-0.39, 0.29) is 12.1 Å². The number of hydrogen-bond acceptors (Lipinski definition) is 3. The second-order valence-corrected chi connectivity index (χ2v) is 6.41. The topological polar surface area (TPSA) is 74.7 Å². The molecule has 0 aliphatic carbocycles. The quantitative estimate of drug-likeness (QED) is 0.722. The molecule has 0 spiro atoms.